The van der Waals surface area contributed by atoms with Crippen molar-refractivity contribution in [3.8, 4) is 17.1 Å². The van der Waals surface area contributed by atoms with Gasteiger partial charge in [-0.3, -0.25) is 9.89 Å². The van der Waals surface area contributed by atoms with Crippen LogP contribution in [0, 0.1) is 0 Å². The average molecular weight is 1130 g/mol. The molecule has 6 heteroatoms. The molecule has 88 heavy (non-hydrogen) atoms. The molecule has 0 aliphatic heterocycles. The van der Waals surface area contributed by atoms with Gasteiger partial charge in [0.2, 0.25) is 0 Å². The number of allylic oxidation sites excluding steroid dienone is 4. The third kappa shape index (κ3) is 10.1. The summed E-state index contributed by atoms with van der Waals surface area (Å²) >= 11 is 0. The molecule has 0 amide bonds. The van der Waals surface area contributed by atoms with Crippen molar-refractivity contribution < 1.29 is 4.57 Å². The van der Waals surface area contributed by atoms with Crippen molar-refractivity contribution >= 4 is 112 Å². The highest BCUT2D eigenvalue weighted by Crippen LogP contribution is 2.42. The van der Waals surface area contributed by atoms with Crippen molar-refractivity contribution in [2.75, 3.05) is 21.7 Å². The van der Waals surface area contributed by atoms with Crippen LogP contribution in [0.25, 0.3) is 83.4 Å². The van der Waals surface area contributed by atoms with Gasteiger partial charge in [-0.05, 0) is 188 Å². The number of fused-ring (bicyclic) bond motifs is 5. The monoisotopic (exact) mass is 1130 g/mol. The molecule has 0 unspecified atom stereocenters. The third-order valence-corrected chi connectivity index (χ3v) is 17.2. The lowest BCUT2D eigenvalue weighted by Gasteiger charge is -2.30. The van der Waals surface area contributed by atoms with Crippen LogP contribution in [0.5, 0.6) is 0 Å². The Bertz CT molecular complexity index is 5050. The van der Waals surface area contributed by atoms with Gasteiger partial charge in [0.05, 0.1) is 12.6 Å². The first-order valence-electron chi connectivity index (χ1n) is 30.3. The second kappa shape index (κ2) is 23.3. The summed E-state index contributed by atoms with van der Waals surface area (Å²) in [5.41, 5.74) is 16.8. The van der Waals surface area contributed by atoms with Crippen molar-refractivity contribution in [3.05, 3.63) is 332 Å². The molecule has 0 N–H and O–H groups in total. The van der Waals surface area contributed by atoms with Gasteiger partial charge in [0.25, 0.3) is 5.82 Å². The molecule has 1 aliphatic rings. The lowest BCUT2D eigenvalue weighted by molar-refractivity contribution is -0.633. The molecule has 0 saturated heterocycles. The fraction of sp³-hybridized carbons (Fsp3) is 0.0488. The normalized spacial score (nSPS) is 12.6. The number of nitrogens with zero attached hydrogens (tertiary/aromatic N) is 6. The Morgan fingerprint density at radius 1 is 0.432 bits per heavy atom. The van der Waals surface area contributed by atoms with Gasteiger partial charge in [0, 0.05) is 58.1 Å². The molecular weight excluding hydrogens is 1070 g/mol. The van der Waals surface area contributed by atoms with Crippen LogP contribution in [-0.2, 0) is 7.05 Å². The molecule has 15 rings (SSSR count). The number of aliphatic imine (C=N–C) groups is 1. The summed E-state index contributed by atoms with van der Waals surface area (Å²) in [5.74, 6) is 2.05. The largest absolute Gasteiger partial charge is 0.310 e. The van der Waals surface area contributed by atoms with Gasteiger partial charge in [-0.25, -0.2) is 4.57 Å². The highest BCUT2D eigenvalue weighted by atomic mass is 15.2. The van der Waals surface area contributed by atoms with E-state index in [1.165, 1.54) is 49.2 Å². The van der Waals surface area contributed by atoms with Crippen LogP contribution < -0.4 is 19.3 Å². The van der Waals surface area contributed by atoms with E-state index in [9.17, 15) is 0 Å². The van der Waals surface area contributed by atoms with Gasteiger partial charge in [-0.15, -0.1) is 0 Å². The fourth-order valence-electron chi connectivity index (χ4n) is 13.0. The van der Waals surface area contributed by atoms with E-state index in [1.807, 2.05) is 7.05 Å². The maximum absolute atomic E-state index is 5.02. The Hall–Kier alpha value is -11.3. The van der Waals surface area contributed by atoms with Crippen molar-refractivity contribution in [2.45, 2.75) is 12.8 Å². The Morgan fingerprint density at radius 3 is 1.51 bits per heavy atom. The molecule has 0 fully saturated rings. The van der Waals surface area contributed by atoms with Crippen molar-refractivity contribution in [2.24, 2.45) is 12.0 Å². The fourth-order valence-corrected chi connectivity index (χ4v) is 13.0. The minimum Gasteiger partial charge on any atom is -0.310 e. The van der Waals surface area contributed by atoms with Crippen molar-refractivity contribution in [3.63, 3.8) is 0 Å². The zero-order valence-corrected chi connectivity index (χ0v) is 49.2. The number of benzene rings is 13. The molecule has 0 spiro atoms. The Labute approximate surface area is 513 Å². The van der Waals surface area contributed by atoms with Gasteiger partial charge >= 0.3 is 0 Å². The molecule has 0 atom stereocenters. The van der Waals surface area contributed by atoms with Gasteiger partial charge in [0.1, 0.15) is 11.5 Å². The van der Waals surface area contributed by atoms with Crippen LogP contribution in [0.1, 0.15) is 29.5 Å². The van der Waals surface area contributed by atoms with E-state index in [1.54, 1.807) is 0 Å². The molecule has 1 aliphatic carbocycles. The van der Waals surface area contributed by atoms with E-state index in [-0.39, 0.29) is 0 Å². The second-order valence-corrected chi connectivity index (χ2v) is 22.6. The van der Waals surface area contributed by atoms with Gasteiger partial charge in [-0.2, -0.15) is 4.57 Å². The number of anilines is 7. The highest BCUT2D eigenvalue weighted by Gasteiger charge is 2.28. The topological polar surface area (TPSA) is 30.9 Å². The first-order chi connectivity index (χ1) is 43.5. The number of amidine groups is 1. The van der Waals surface area contributed by atoms with Crippen LogP contribution in [0.15, 0.2) is 320 Å². The predicted octanol–water partition coefficient (Wildman–Crippen LogP) is 21.0. The summed E-state index contributed by atoms with van der Waals surface area (Å²) in [6.45, 7) is 0. The molecule has 0 saturated carbocycles. The zero-order chi connectivity index (χ0) is 58.9. The van der Waals surface area contributed by atoms with E-state index in [4.69, 9.17) is 4.99 Å². The molecule has 1 heterocycles. The van der Waals surface area contributed by atoms with Crippen LogP contribution >= 0.6 is 0 Å². The summed E-state index contributed by atoms with van der Waals surface area (Å²) in [6, 6.07) is 106. The third-order valence-electron chi connectivity index (χ3n) is 17.2. The second-order valence-electron chi connectivity index (χ2n) is 22.6. The van der Waals surface area contributed by atoms with E-state index in [0.717, 1.165) is 103 Å². The van der Waals surface area contributed by atoms with Crippen LogP contribution in [0.2, 0.25) is 0 Å². The quantitative estimate of drug-likeness (QED) is 0.0499. The van der Waals surface area contributed by atoms with E-state index in [2.05, 4.69) is 352 Å². The molecule has 0 bridgehead atoms. The summed E-state index contributed by atoms with van der Waals surface area (Å²) in [4.78, 5) is 12.1. The summed E-state index contributed by atoms with van der Waals surface area (Å²) in [7, 11) is 4.09. The Kier molecular flexibility index (Phi) is 14.1. The molecule has 6 nitrogen and oxygen atoms in total. The minimum atomic E-state index is 0.922. The van der Waals surface area contributed by atoms with E-state index < -0.39 is 0 Å². The number of aromatic nitrogens is 2. The molecule has 0 radical (unpaired) electrons. The Morgan fingerprint density at radius 2 is 0.920 bits per heavy atom. The maximum Gasteiger partial charge on any atom is 0.295 e. The van der Waals surface area contributed by atoms with Gasteiger partial charge < -0.3 is 9.80 Å². The first-order valence-corrected chi connectivity index (χ1v) is 30.3. The average Bonchev–Trinajstić information content (AvgIpc) is 1.59. The van der Waals surface area contributed by atoms with Crippen molar-refractivity contribution in [1.29, 1.82) is 0 Å². The predicted molar refractivity (Wildman–Crippen MR) is 372 cm³/mol. The Balaban J connectivity index is 0.748. The standard InChI is InChI=1S/C82H63N6/c1-83-81(87(66-26-6-3-7-27-66)67-28-8-4-9-29-67)77-32-18-24-64-56-73(50-52-75(64)77)85(71-48-42-60-20-12-14-22-62(60)54-71)69-44-38-58(39-45-69)36-37-59-40-46-70(47-41-59)86(72-49-43-61-21-13-15-23-63(61)55-72)74-51-53-76-65(57-74)25-19-33-78(76)82-84(2)79-34-16-17-35-80(79)88(82)68-30-10-5-11-31-68/h3-8,10-28,30-57H,9,29H2,1-2H3/q+1/b37-36+,83-81?. The number of aryl methyl sites for hydroxylation is 1. The molecular formula is C82H63N6+. The number of hydrogen-bond acceptors (Lipinski definition) is 3. The number of para-hydroxylation sites is 4. The van der Waals surface area contributed by atoms with E-state index in [0.29, 0.717) is 0 Å². The molecule has 420 valence electrons. The number of imidazole rings is 1. The van der Waals surface area contributed by atoms with E-state index >= 15 is 0 Å². The molecule has 1 aromatic heterocycles. The molecule has 13 aromatic carbocycles. The smallest absolute Gasteiger partial charge is 0.295 e. The summed E-state index contributed by atoms with van der Waals surface area (Å²) in [6.07, 6.45) is 13.0. The number of rotatable bonds is 13. The lowest BCUT2D eigenvalue weighted by Crippen LogP contribution is -2.31. The van der Waals surface area contributed by atoms with Gasteiger partial charge in [-0.1, -0.05) is 200 Å². The number of hydrogen-bond donors (Lipinski definition) is 0. The van der Waals surface area contributed by atoms with Crippen LogP contribution in [0.3, 0.4) is 0 Å². The summed E-state index contributed by atoms with van der Waals surface area (Å²) < 4.78 is 4.72. The van der Waals surface area contributed by atoms with Crippen LogP contribution in [-0.4, -0.2) is 17.5 Å². The maximum atomic E-state index is 5.02. The molecule has 14 aromatic rings. The summed E-state index contributed by atoms with van der Waals surface area (Å²) in [5, 5.41) is 9.44. The van der Waals surface area contributed by atoms with Crippen LogP contribution in [0.4, 0.5) is 39.8 Å². The lowest BCUT2D eigenvalue weighted by atomic mass is 10.00. The van der Waals surface area contributed by atoms with Gasteiger partial charge in [0.15, 0.2) is 11.0 Å². The zero-order valence-electron chi connectivity index (χ0n) is 49.2. The first kappa shape index (κ1) is 53.4. The SMILES string of the molecule is CN=C(c1cccc2cc(N(c3ccc(/C=C/c4ccc(N(c5ccc6ccccc6c5)c5ccc6c(-c7n(-c8ccccc8)c8ccccc8[n+]7C)cccc6c5)cc4)cc3)c3ccc4ccccc4c3)ccc12)N(C1=CC=CCC1)c1ccccc1. The minimum absolute atomic E-state index is 0.922. The van der Waals surface area contributed by atoms with Crippen molar-refractivity contribution in [1.82, 2.24) is 4.57 Å². The highest BCUT2D eigenvalue weighted by molar-refractivity contribution is 6.19.